The zero-order valence-electron chi connectivity index (χ0n) is 18.6. The van der Waals surface area contributed by atoms with Crippen molar-refractivity contribution in [3.63, 3.8) is 0 Å². The number of nitrogens with one attached hydrogen (secondary N) is 3. The summed E-state index contributed by atoms with van der Waals surface area (Å²) in [6.45, 7) is 1.08. The third-order valence-corrected chi connectivity index (χ3v) is 6.15. The van der Waals surface area contributed by atoms with Gasteiger partial charge in [0.05, 0.1) is 5.69 Å². The van der Waals surface area contributed by atoms with Crippen LogP contribution in [-0.2, 0) is 0 Å². The highest BCUT2D eigenvalue weighted by Gasteiger charge is 2.17. The lowest BCUT2D eigenvalue weighted by Crippen LogP contribution is -2.28. The first-order chi connectivity index (χ1) is 17.2. The molecule has 0 saturated carbocycles. The number of benzene rings is 2. The number of nitrogens with zero attached hydrogens (tertiary/aromatic N) is 4. The zero-order chi connectivity index (χ0) is 24.0. The number of hydrogen-bond acceptors (Lipinski definition) is 9. The van der Waals surface area contributed by atoms with E-state index in [1.807, 2.05) is 66.7 Å². The van der Waals surface area contributed by atoms with Crippen molar-refractivity contribution >= 4 is 39.1 Å². The lowest BCUT2D eigenvalue weighted by atomic mass is 10.1. The summed E-state index contributed by atoms with van der Waals surface area (Å²) in [6, 6.07) is 22.5. The molecule has 0 spiro atoms. The van der Waals surface area contributed by atoms with Crippen LogP contribution >= 0.6 is 11.3 Å². The van der Waals surface area contributed by atoms with E-state index in [2.05, 4.69) is 36.0 Å². The molecule has 5 N–H and O–H groups in total. The third-order valence-electron chi connectivity index (χ3n) is 5.14. The molecule has 0 atom stereocenters. The minimum atomic E-state index is -0.351. The molecule has 0 aliphatic carbocycles. The number of hydrogen-bond donors (Lipinski definition) is 4. The van der Waals surface area contributed by atoms with Crippen LogP contribution in [0.15, 0.2) is 79.0 Å². The lowest BCUT2D eigenvalue weighted by molar-refractivity contribution is 0.102. The Hall–Kier alpha value is -4.25. The van der Waals surface area contributed by atoms with Crippen LogP contribution in [-0.4, -0.2) is 38.9 Å². The average molecular weight is 483 g/mol. The summed E-state index contributed by atoms with van der Waals surface area (Å²) in [5.41, 5.74) is 5.91. The number of aromatic nitrogens is 4. The van der Waals surface area contributed by atoms with Crippen LogP contribution < -0.4 is 21.9 Å². The summed E-state index contributed by atoms with van der Waals surface area (Å²) in [5, 5.41) is 6.95. The molecule has 0 fully saturated rings. The number of thiazole rings is 1. The molecule has 174 valence electrons. The van der Waals surface area contributed by atoms with Crippen LogP contribution in [0.2, 0.25) is 0 Å². The molecule has 0 bridgehead atoms. The quantitative estimate of drug-likeness (QED) is 0.149. The van der Waals surface area contributed by atoms with Crippen molar-refractivity contribution in [2.24, 2.45) is 5.84 Å². The van der Waals surface area contributed by atoms with Gasteiger partial charge in [-0.25, -0.2) is 19.9 Å². The van der Waals surface area contributed by atoms with Crippen molar-refractivity contribution in [3.8, 4) is 22.0 Å². The molecule has 0 saturated heterocycles. The van der Waals surface area contributed by atoms with Crippen LogP contribution in [0.1, 0.15) is 10.5 Å². The van der Waals surface area contributed by atoms with Gasteiger partial charge < -0.3 is 10.6 Å². The van der Waals surface area contributed by atoms with Crippen molar-refractivity contribution in [2.45, 2.75) is 0 Å². The summed E-state index contributed by atoms with van der Waals surface area (Å²) in [4.78, 5) is 32.4. The smallest absolute Gasteiger partial charge is 0.274 e. The van der Waals surface area contributed by atoms with Gasteiger partial charge >= 0.3 is 0 Å². The van der Waals surface area contributed by atoms with Crippen LogP contribution in [0, 0.1) is 0 Å². The Labute approximate surface area is 205 Å². The van der Waals surface area contributed by atoms with Gasteiger partial charge in [-0.15, -0.1) is 0 Å². The van der Waals surface area contributed by atoms with E-state index in [-0.39, 0.29) is 11.6 Å². The predicted octanol–water partition coefficient (Wildman–Crippen LogP) is 3.94. The summed E-state index contributed by atoms with van der Waals surface area (Å²) in [6.07, 6.45) is 1.74. The van der Waals surface area contributed by atoms with E-state index in [1.165, 1.54) is 11.3 Å². The highest BCUT2D eigenvalue weighted by Crippen LogP contribution is 2.33. The second-order valence-electron chi connectivity index (χ2n) is 7.56. The number of carbonyl (C=O) groups is 1. The molecule has 35 heavy (non-hydrogen) atoms. The van der Waals surface area contributed by atoms with E-state index >= 15 is 0 Å². The van der Waals surface area contributed by atoms with Crippen LogP contribution in [0.25, 0.3) is 32.3 Å². The Morgan fingerprint density at radius 2 is 1.74 bits per heavy atom. The predicted molar refractivity (Wildman–Crippen MR) is 139 cm³/mol. The second kappa shape index (κ2) is 10.3. The van der Waals surface area contributed by atoms with Crippen molar-refractivity contribution in [3.05, 3.63) is 84.7 Å². The van der Waals surface area contributed by atoms with Gasteiger partial charge in [-0.05, 0) is 24.3 Å². The van der Waals surface area contributed by atoms with Crippen LogP contribution in [0.4, 0.5) is 11.5 Å². The number of nitrogens with two attached hydrogens (primary N) is 1. The minimum Gasteiger partial charge on any atom is -0.369 e. The number of anilines is 2. The molecule has 0 aliphatic rings. The van der Waals surface area contributed by atoms with Gasteiger partial charge in [0.2, 0.25) is 0 Å². The summed E-state index contributed by atoms with van der Waals surface area (Å²) >= 11 is 1.48. The summed E-state index contributed by atoms with van der Waals surface area (Å²) < 4.78 is 0. The highest BCUT2D eigenvalue weighted by atomic mass is 32.1. The average Bonchev–Trinajstić information content (AvgIpc) is 3.34. The summed E-state index contributed by atoms with van der Waals surface area (Å²) in [5.74, 6) is 6.00. The Balaban J connectivity index is 1.47. The number of fused-ring (bicyclic) bond motifs is 1. The zero-order valence-corrected chi connectivity index (χ0v) is 19.4. The molecule has 1 amide bonds. The SMILES string of the molecule is NNCCNc1cc(C(=O)Nc2ccccc2-c2nc3cccnc3s2)nc(-c2ccccc2)n1. The Morgan fingerprint density at radius 3 is 2.57 bits per heavy atom. The Kier molecular flexibility index (Phi) is 6.66. The van der Waals surface area contributed by atoms with E-state index in [1.54, 1.807) is 12.3 Å². The first kappa shape index (κ1) is 22.5. The Morgan fingerprint density at radius 1 is 0.914 bits per heavy atom. The van der Waals surface area contributed by atoms with Gasteiger partial charge in [0.1, 0.15) is 26.9 Å². The van der Waals surface area contributed by atoms with E-state index in [9.17, 15) is 4.79 Å². The fourth-order valence-corrected chi connectivity index (χ4v) is 4.43. The van der Waals surface area contributed by atoms with E-state index in [4.69, 9.17) is 5.84 Å². The molecule has 10 heteroatoms. The van der Waals surface area contributed by atoms with Crippen molar-refractivity contribution < 1.29 is 4.79 Å². The molecule has 0 unspecified atom stereocenters. The topological polar surface area (TPSA) is 131 Å². The number of hydrazine groups is 1. The van der Waals surface area contributed by atoms with E-state index < -0.39 is 0 Å². The second-order valence-corrected chi connectivity index (χ2v) is 8.53. The molecule has 0 radical (unpaired) electrons. The maximum absolute atomic E-state index is 13.3. The molecule has 3 heterocycles. The highest BCUT2D eigenvalue weighted by molar-refractivity contribution is 7.21. The van der Waals surface area contributed by atoms with Gasteiger partial charge in [-0.2, -0.15) is 0 Å². The standard InChI is InChI=1S/C25H22N8OS/c26-29-14-13-27-21-15-20(30-22(33-21)16-7-2-1-3-8-16)23(34)31-18-10-5-4-9-17(18)24-32-19-11-6-12-28-25(19)35-24/h1-12,15,29H,13-14,26H2,(H,31,34)(H,27,30,33). The number of para-hydroxylation sites is 1. The lowest BCUT2D eigenvalue weighted by Gasteiger charge is -2.12. The maximum atomic E-state index is 13.3. The fourth-order valence-electron chi connectivity index (χ4n) is 3.48. The van der Waals surface area contributed by atoms with Gasteiger partial charge in [0, 0.05) is 36.5 Å². The van der Waals surface area contributed by atoms with Crippen LogP contribution in [0.5, 0.6) is 0 Å². The molecule has 5 rings (SSSR count). The normalized spacial score (nSPS) is 10.9. The molecule has 3 aromatic heterocycles. The van der Waals surface area contributed by atoms with Crippen LogP contribution in [0.3, 0.4) is 0 Å². The van der Waals surface area contributed by atoms with Crippen molar-refractivity contribution in [2.75, 3.05) is 23.7 Å². The van der Waals surface area contributed by atoms with Gasteiger partial charge in [0.15, 0.2) is 5.82 Å². The molecular weight excluding hydrogens is 460 g/mol. The Bertz CT molecular complexity index is 1440. The van der Waals surface area contributed by atoms with E-state index in [0.29, 0.717) is 30.4 Å². The number of pyridine rings is 1. The fraction of sp³-hybridized carbons (Fsp3) is 0.0800. The molecular formula is C25H22N8OS. The van der Waals surface area contributed by atoms with Gasteiger partial charge in [0.25, 0.3) is 5.91 Å². The third kappa shape index (κ3) is 5.14. The maximum Gasteiger partial charge on any atom is 0.274 e. The molecule has 2 aromatic carbocycles. The number of carbonyl (C=O) groups excluding carboxylic acids is 1. The molecule has 0 aliphatic heterocycles. The minimum absolute atomic E-state index is 0.239. The molecule has 5 aromatic rings. The molecule has 9 nitrogen and oxygen atoms in total. The van der Waals surface area contributed by atoms with Gasteiger partial charge in [-0.3, -0.25) is 16.1 Å². The first-order valence-corrected chi connectivity index (χ1v) is 11.8. The number of rotatable bonds is 8. The van der Waals surface area contributed by atoms with E-state index in [0.717, 1.165) is 26.5 Å². The summed E-state index contributed by atoms with van der Waals surface area (Å²) in [7, 11) is 0. The van der Waals surface area contributed by atoms with Crippen molar-refractivity contribution in [1.29, 1.82) is 0 Å². The monoisotopic (exact) mass is 482 g/mol. The van der Waals surface area contributed by atoms with Gasteiger partial charge in [-0.1, -0.05) is 53.8 Å². The largest absolute Gasteiger partial charge is 0.369 e. The first-order valence-electron chi connectivity index (χ1n) is 11.0. The van der Waals surface area contributed by atoms with Crippen molar-refractivity contribution in [1.82, 2.24) is 25.4 Å². The number of amides is 1.